The molecule has 0 amide bonds. The van der Waals surface area contributed by atoms with Crippen molar-refractivity contribution in [2.45, 2.75) is 0 Å². The summed E-state index contributed by atoms with van der Waals surface area (Å²) in [6.45, 7) is 0. The van der Waals surface area contributed by atoms with Crippen molar-refractivity contribution in [2.75, 3.05) is 0 Å². The maximum absolute atomic E-state index is 4.53. The smallest absolute Gasteiger partial charge is 0.129 e. The minimum Gasteiger partial charge on any atom is -0.471 e. The van der Waals surface area contributed by atoms with E-state index >= 15 is 0 Å². The van der Waals surface area contributed by atoms with Gasteiger partial charge in [0, 0.05) is 0 Å². The van der Waals surface area contributed by atoms with Crippen LogP contribution in [0.1, 0.15) is 0 Å². The zero-order valence-corrected chi connectivity index (χ0v) is 44.9. The third kappa shape index (κ3) is 1290. The Bertz CT molecular complexity index is 38.9. The van der Waals surface area contributed by atoms with Crippen molar-refractivity contribution in [3.63, 3.8) is 0 Å². The van der Waals surface area contributed by atoms with E-state index < -0.39 is 0 Å². The lowest BCUT2D eigenvalue weighted by atomic mass is 15.8. The minimum atomic E-state index is 0.931. The second-order valence-electron chi connectivity index (χ2n) is 2.86. The first-order valence-electron chi connectivity index (χ1n) is 5.72. The molecule has 7 nitrogen and oxygen atoms in total. The number of rotatable bonds is 0. The summed E-state index contributed by atoms with van der Waals surface area (Å²) in [7, 11) is 13.0. The Morgan fingerprint density at radius 1 is 0.190 bits per heavy atom. The molecule has 0 rings (SSSR count). The maximum atomic E-state index is 4.53. The molecule has 0 aliphatic heterocycles. The second-order valence-corrected chi connectivity index (χ2v) is 25.7. The highest BCUT2D eigenvalue weighted by molar-refractivity contribution is 6.17. The fourth-order valence-electron chi connectivity index (χ4n) is 0. The Morgan fingerprint density at radius 2 is 0.190 bits per heavy atom. The van der Waals surface area contributed by atoms with Crippen LogP contribution in [-0.4, -0.2) is 147 Å². The molecule has 0 N–H and O–H groups in total. The lowest BCUT2D eigenvalue weighted by molar-refractivity contribution is 0.690. The highest BCUT2D eigenvalue weighted by Crippen LogP contribution is 1.22. The van der Waals surface area contributed by atoms with E-state index in [4.69, 9.17) is 0 Å². The molecular weight excluding hydrogens is 505 g/mol. The van der Waals surface area contributed by atoms with Crippen LogP contribution in [0.4, 0.5) is 0 Å². The molecule has 0 aliphatic rings. The lowest BCUT2D eigenvalue weighted by Gasteiger charge is -1.62. The van der Waals surface area contributed by atoms with Crippen molar-refractivity contribution in [1.82, 2.24) is 0 Å². The fourth-order valence-corrected chi connectivity index (χ4v) is 0. The molecule has 0 bridgehead atoms. The van der Waals surface area contributed by atoms with Crippen molar-refractivity contribution in [3.8, 4) is 0 Å². The summed E-state index contributed by atoms with van der Waals surface area (Å²) in [6.07, 6.45) is 0. The molecule has 21 heavy (non-hydrogen) atoms. The molecule has 0 atom stereocenters. The number of hydrogen-bond acceptors (Lipinski definition) is 7. The van der Waals surface area contributed by atoms with E-state index in [1.807, 2.05) is 0 Å². The van der Waals surface area contributed by atoms with Crippen LogP contribution >= 0.6 is 0 Å². The van der Waals surface area contributed by atoms with Crippen LogP contribution in [0.15, 0.2) is 0 Å². The van der Waals surface area contributed by atoms with Gasteiger partial charge in [-0.25, -0.2) is 0 Å². The van der Waals surface area contributed by atoms with Crippen LogP contribution in [0.5, 0.6) is 0 Å². The molecule has 140 valence electrons. The predicted molar refractivity (Wildman–Crippen MR) is 147 cm³/mol. The summed E-state index contributed by atoms with van der Waals surface area (Å²) in [5.74, 6) is 0. The zero-order valence-electron chi connectivity index (χ0n) is 16.9. The van der Waals surface area contributed by atoms with E-state index in [-0.39, 0.29) is 0 Å². The quantitative estimate of drug-likeness (QED) is 0.279. The van der Waals surface area contributed by atoms with Gasteiger partial charge in [-0.3, -0.25) is 0 Å². The third-order valence-electron chi connectivity index (χ3n) is 0. The predicted octanol–water partition coefficient (Wildman–Crippen LogP) is -17.1. The molecule has 21 heteroatoms. The summed E-state index contributed by atoms with van der Waals surface area (Å²) >= 11 is 0. The number of hydrogen-bond donors (Lipinski definition) is 0. The normalized spacial score (nSPS) is 8.00. The van der Waals surface area contributed by atoms with Crippen LogP contribution < -0.4 is 0 Å². The summed E-state index contributed by atoms with van der Waals surface area (Å²) < 4.78 is 31.7. The van der Waals surface area contributed by atoms with Crippen molar-refractivity contribution >= 4 is 147 Å². The van der Waals surface area contributed by atoms with Gasteiger partial charge in [0.15, 0.2) is 0 Å². The monoisotopic (exact) mass is 546 g/mol. The van der Waals surface area contributed by atoms with Gasteiger partial charge in [-0.1, -0.05) is 0 Å². The lowest BCUT2D eigenvalue weighted by Crippen LogP contribution is -1.65. The average Bonchev–Trinajstić information content (AvgIpc) is 2.35. The molecule has 0 radical (unpaired) electrons. The highest BCUT2D eigenvalue weighted by atomic mass is 28.3. The molecule has 0 aromatic carbocycles. The Morgan fingerprint density at radius 3 is 0.190 bits per heavy atom. The van der Waals surface area contributed by atoms with Crippen molar-refractivity contribution in [2.24, 2.45) is 0 Å². The summed E-state index contributed by atoms with van der Waals surface area (Å²) in [4.78, 5) is 0. The van der Waals surface area contributed by atoms with E-state index in [1.165, 1.54) is 0 Å². The van der Waals surface area contributed by atoms with Crippen molar-refractivity contribution < 1.29 is 28.8 Å². The summed E-state index contributed by atoms with van der Waals surface area (Å²) in [5, 5.41) is 0. The van der Waals surface area contributed by atoms with Gasteiger partial charge in [0.1, 0.15) is 147 Å². The highest BCUT2D eigenvalue weighted by Gasteiger charge is 1.29. The van der Waals surface area contributed by atoms with Gasteiger partial charge in [0.25, 0.3) is 0 Å². The van der Waals surface area contributed by atoms with E-state index in [1.54, 1.807) is 0 Å². The first-order chi connectivity index (χ1) is 9.90. The van der Waals surface area contributed by atoms with Gasteiger partial charge in [0.2, 0.25) is 0 Å². The van der Waals surface area contributed by atoms with Gasteiger partial charge >= 0.3 is 0 Å². The van der Waals surface area contributed by atoms with Crippen LogP contribution in [0, 0.1) is 0 Å². The molecular formula is H42O7Si14. The summed E-state index contributed by atoms with van der Waals surface area (Å²) in [5.41, 5.74) is 0. The van der Waals surface area contributed by atoms with Gasteiger partial charge in [-0.15, -0.1) is 0 Å². The largest absolute Gasteiger partial charge is 0.471 e. The minimum absolute atomic E-state index is 0.931. The molecule has 0 unspecified atom stereocenters. The van der Waals surface area contributed by atoms with Crippen LogP contribution in [0.2, 0.25) is 0 Å². The topological polar surface area (TPSA) is 64.6 Å². The average molecular weight is 548 g/mol. The van der Waals surface area contributed by atoms with E-state index in [9.17, 15) is 0 Å². The van der Waals surface area contributed by atoms with Gasteiger partial charge in [-0.2, -0.15) is 0 Å². The summed E-state index contributed by atoms with van der Waals surface area (Å²) in [6, 6.07) is 0. The Labute approximate surface area is 174 Å². The van der Waals surface area contributed by atoms with E-state index in [0.29, 0.717) is 0 Å². The maximum Gasteiger partial charge on any atom is 0.129 e. The molecule has 0 saturated heterocycles. The third-order valence-corrected chi connectivity index (χ3v) is 0. The van der Waals surface area contributed by atoms with Crippen LogP contribution in [0.3, 0.4) is 0 Å². The Balaban J connectivity index is -0.0000000218. The van der Waals surface area contributed by atoms with Crippen LogP contribution in [-0.2, 0) is 28.8 Å². The SMILES string of the molecule is [SiH3]O[SiH3].[SiH3]O[SiH3].[SiH3]O[SiH3].[SiH3]O[SiH3].[SiH3]O[SiH3].[SiH3]O[SiH3].[SiH3]O[SiH3]. The van der Waals surface area contributed by atoms with E-state index in [2.05, 4.69) is 28.8 Å². The second kappa shape index (κ2) is 113. The first kappa shape index (κ1) is 43.8. The van der Waals surface area contributed by atoms with Crippen LogP contribution in [0.25, 0.3) is 0 Å². The van der Waals surface area contributed by atoms with Gasteiger partial charge in [-0.05, 0) is 0 Å². The standard InChI is InChI=1S/7H6OSi2/c7*2-1-3/h7*2-3H3. The Kier molecular flexibility index (Phi) is 236. The molecule has 0 aliphatic carbocycles. The van der Waals surface area contributed by atoms with E-state index in [0.717, 1.165) is 147 Å². The molecule has 0 aromatic rings. The van der Waals surface area contributed by atoms with Crippen molar-refractivity contribution in [1.29, 1.82) is 0 Å². The molecule has 0 aromatic heterocycles. The molecule has 0 fully saturated rings. The molecule has 0 saturated carbocycles. The van der Waals surface area contributed by atoms with Crippen molar-refractivity contribution in [3.05, 3.63) is 0 Å². The van der Waals surface area contributed by atoms with Gasteiger partial charge < -0.3 is 28.8 Å². The molecule has 0 heterocycles. The zero-order chi connectivity index (χ0) is 18.9. The molecule has 0 spiro atoms. The van der Waals surface area contributed by atoms with Gasteiger partial charge in [0.05, 0.1) is 0 Å². The Hall–Kier alpha value is 2.76. The first-order valence-corrected chi connectivity index (χ1v) is 17.1. The fraction of sp³-hybridized carbons (Fsp3) is 0.